The molecule has 0 radical (unpaired) electrons. The Hall–Kier alpha value is -4.16. The summed E-state index contributed by atoms with van der Waals surface area (Å²) < 4.78 is 29.5. The summed E-state index contributed by atoms with van der Waals surface area (Å²) in [6.07, 6.45) is 4.12. The number of nitrogens with zero attached hydrogens (tertiary/aromatic N) is 1. The number of aliphatic hydroxyl groups excluding tert-OH is 1. The minimum absolute atomic E-state index is 0.0121. The molecule has 0 fully saturated rings. The first-order valence-corrected chi connectivity index (χ1v) is 12.7. The number of rotatable bonds is 14. The second-order valence-electron chi connectivity index (χ2n) is 8.89. The third-order valence-corrected chi connectivity index (χ3v) is 6.06. The van der Waals surface area contributed by atoms with E-state index in [1.807, 2.05) is 36.4 Å². The number of unbranched alkanes of at least 4 members (excludes halogenated alkanes) is 2. The fourth-order valence-electron chi connectivity index (χ4n) is 4.01. The van der Waals surface area contributed by atoms with Crippen molar-refractivity contribution in [3.8, 4) is 17.1 Å². The number of amides is 1. The molecule has 0 saturated heterocycles. The highest BCUT2D eigenvalue weighted by Crippen LogP contribution is 2.24. The van der Waals surface area contributed by atoms with Crippen LogP contribution < -0.4 is 4.74 Å². The normalized spacial score (nSPS) is 11.9. The molecule has 0 spiro atoms. The highest BCUT2D eigenvalue weighted by atomic mass is 16.5. The Morgan fingerprint density at radius 1 is 0.868 bits per heavy atom. The third-order valence-electron chi connectivity index (χ3n) is 6.06. The molecular weight excluding hydrogens is 478 g/mol. The van der Waals surface area contributed by atoms with Gasteiger partial charge in [-0.3, -0.25) is 9.59 Å². The van der Waals surface area contributed by atoms with E-state index in [9.17, 15) is 9.59 Å². The molecule has 4 aromatic rings. The number of ketones is 1. The minimum atomic E-state index is -2.11. The van der Waals surface area contributed by atoms with Gasteiger partial charge in [-0.15, -0.1) is 0 Å². The van der Waals surface area contributed by atoms with Crippen LogP contribution in [0.4, 0.5) is 0 Å². The molecule has 0 unspecified atom stereocenters. The molecule has 4 rings (SSSR count). The van der Waals surface area contributed by atoms with E-state index in [4.69, 9.17) is 17.0 Å². The smallest absolute Gasteiger partial charge is 0.254 e. The number of Topliss-reactive ketones (excluding diaryl/α,β-unsaturated/α-hetero) is 1. The molecule has 0 atom stereocenters. The topological polar surface area (TPSA) is 80.0 Å². The van der Waals surface area contributed by atoms with Gasteiger partial charge in [-0.1, -0.05) is 60.7 Å². The van der Waals surface area contributed by atoms with E-state index in [2.05, 4.69) is 0 Å². The molecule has 6 heteroatoms. The molecule has 1 amide bonds. The van der Waals surface area contributed by atoms with Crippen molar-refractivity contribution in [1.29, 1.82) is 0 Å². The summed E-state index contributed by atoms with van der Waals surface area (Å²) in [6.45, 7) is -2.13. The van der Waals surface area contributed by atoms with Crippen molar-refractivity contribution in [2.24, 2.45) is 0 Å². The molecule has 1 aromatic heterocycles. The van der Waals surface area contributed by atoms with Crippen molar-refractivity contribution < 1.29 is 26.6 Å². The zero-order chi connectivity index (χ0) is 28.4. The molecule has 0 bridgehead atoms. The van der Waals surface area contributed by atoms with Gasteiger partial charge in [0.1, 0.15) is 18.1 Å². The molecule has 1 N–H and O–H groups in total. The van der Waals surface area contributed by atoms with Gasteiger partial charge in [0.05, 0.1) is 15.6 Å². The molecule has 6 nitrogen and oxygen atoms in total. The van der Waals surface area contributed by atoms with Crippen LogP contribution in [-0.4, -0.2) is 34.9 Å². The number of hydrogen-bond donors (Lipinski definition) is 1. The van der Waals surface area contributed by atoms with Gasteiger partial charge >= 0.3 is 0 Å². The average Bonchev–Trinajstić information content (AvgIpc) is 3.53. The monoisotopic (exact) mass is 513 g/mol. The summed E-state index contributed by atoms with van der Waals surface area (Å²) in [6, 6.07) is 26.5. The van der Waals surface area contributed by atoms with Crippen molar-refractivity contribution in [3.05, 3.63) is 114 Å². The second kappa shape index (κ2) is 14.0. The Morgan fingerprint density at radius 3 is 2.37 bits per heavy atom. The molecule has 1 heterocycles. The van der Waals surface area contributed by atoms with E-state index < -0.39 is 19.0 Å². The van der Waals surface area contributed by atoms with Crippen LogP contribution in [0.3, 0.4) is 0 Å². The number of aliphatic hydroxyl groups is 1. The molecule has 38 heavy (non-hydrogen) atoms. The first-order valence-electron chi connectivity index (χ1n) is 13.7. The lowest BCUT2D eigenvalue weighted by molar-refractivity contribution is -0.121. The molecule has 0 aliphatic rings. The predicted octanol–water partition coefficient (Wildman–Crippen LogP) is 6.29. The zero-order valence-electron chi connectivity index (χ0n) is 23.2. The predicted molar refractivity (Wildman–Crippen MR) is 147 cm³/mol. The van der Waals surface area contributed by atoms with E-state index >= 15 is 0 Å². The van der Waals surface area contributed by atoms with E-state index in [1.165, 1.54) is 4.90 Å². The summed E-state index contributed by atoms with van der Waals surface area (Å²) >= 11 is 0. The first-order chi connectivity index (χ1) is 19.4. The quantitative estimate of drug-likeness (QED) is 0.201. The molecule has 0 saturated carbocycles. The van der Waals surface area contributed by atoms with E-state index in [1.54, 1.807) is 60.9 Å². The Bertz CT molecular complexity index is 1370. The van der Waals surface area contributed by atoms with Crippen LogP contribution in [0.25, 0.3) is 11.3 Å². The Labute approximate surface area is 226 Å². The number of carbonyl (C=O) groups excluding carboxylic acids is 2. The van der Waals surface area contributed by atoms with Gasteiger partial charge in [0.15, 0.2) is 5.78 Å². The van der Waals surface area contributed by atoms with Crippen molar-refractivity contribution in [2.75, 3.05) is 13.2 Å². The molecule has 0 aliphatic carbocycles. The highest BCUT2D eigenvalue weighted by Gasteiger charge is 2.19. The van der Waals surface area contributed by atoms with Crippen molar-refractivity contribution >= 4 is 11.7 Å². The van der Waals surface area contributed by atoms with Gasteiger partial charge in [-0.2, -0.15) is 0 Å². The van der Waals surface area contributed by atoms with Gasteiger partial charge in [-0.25, -0.2) is 0 Å². The van der Waals surface area contributed by atoms with Gasteiger partial charge in [0, 0.05) is 36.2 Å². The maximum atomic E-state index is 13.9. The van der Waals surface area contributed by atoms with Gasteiger partial charge in [-0.05, 0) is 55.2 Å². The summed E-state index contributed by atoms with van der Waals surface area (Å²) in [5.74, 6) is 0.632. The lowest BCUT2D eigenvalue weighted by Crippen LogP contribution is -2.30. The minimum Gasteiger partial charge on any atom is -0.493 e. The van der Waals surface area contributed by atoms with E-state index in [0.29, 0.717) is 47.6 Å². The SMILES string of the molecule is [2H]C([2H])(c1ccccc1)N(Cc1ccccc1OCCCCCC(=O)CO)C(=O)c1ccc(-c2ccco2)cc1. The molecule has 3 aromatic carbocycles. The van der Waals surface area contributed by atoms with Crippen LogP contribution in [0.15, 0.2) is 102 Å². The number of furan rings is 1. The molecule has 196 valence electrons. The standard InChI is InChI=1S/C32H33NO5/c34-24-29(35)13-5-2-8-20-37-31-14-7-6-12-28(31)23-33(22-25-10-3-1-4-11-25)32(36)27-18-16-26(17-19-27)30-15-9-21-38-30/h1,3-4,6-7,9-12,14-19,21,34H,2,5,8,13,20,22-24H2/i22D2. The lowest BCUT2D eigenvalue weighted by Gasteiger charge is -2.24. The number of carbonyl (C=O) groups is 2. The summed E-state index contributed by atoms with van der Waals surface area (Å²) in [5.41, 5.74) is 2.22. The molecular formula is C32H33NO5. The van der Waals surface area contributed by atoms with Crippen LogP contribution >= 0.6 is 0 Å². The fraction of sp³-hybridized carbons (Fsp3) is 0.250. The molecule has 0 aliphatic heterocycles. The number of hydrogen-bond acceptors (Lipinski definition) is 5. The maximum Gasteiger partial charge on any atom is 0.254 e. The van der Waals surface area contributed by atoms with Crippen LogP contribution in [0.1, 0.15) is 49.9 Å². The largest absolute Gasteiger partial charge is 0.493 e. The number of para-hydroxylation sites is 1. The van der Waals surface area contributed by atoms with E-state index in [-0.39, 0.29) is 12.3 Å². The van der Waals surface area contributed by atoms with Gasteiger partial charge in [0.2, 0.25) is 0 Å². The van der Waals surface area contributed by atoms with Crippen molar-refractivity contribution in [3.63, 3.8) is 0 Å². The highest BCUT2D eigenvalue weighted by molar-refractivity contribution is 5.94. The van der Waals surface area contributed by atoms with Crippen molar-refractivity contribution in [1.82, 2.24) is 4.90 Å². The number of ether oxygens (including phenoxy) is 1. The van der Waals surface area contributed by atoms with Gasteiger partial charge in [0.25, 0.3) is 5.91 Å². The maximum absolute atomic E-state index is 13.9. The average molecular weight is 514 g/mol. The number of benzene rings is 3. The van der Waals surface area contributed by atoms with Crippen LogP contribution in [0.2, 0.25) is 0 Å². The second-order valence-corrected chi connectivity index (χ2v) is 8.89. The van der Waals surface area contributed by atoms with Crippen LogP contribution in [0, 0.1) is 0 Å². The van der Waals surface area contributed by atoms with Crippen LogP contribution in [-0.2, 0) is 17.8 Å². The summed E-state index contributed by atoms with van der Waals surface area (Å²) in [5, 5.41) is 8.85. The fourth-order valence-corrected chi connectivity index (χ4v) is 4.01. The Morgan fingerprint density at radius 2 is 1.63 bits per heavy atom. The van der Waals surface area contributed by atoms with Crippen LogP contribution in [0.5, 0.6) is 5.75 Å². The van der Waals surface area contributed by atoms with Crippen molar-refractivity contribution in [2.45, 2.75) is 38.7 Å². The van der Waals surface area contributed by atoms with E-state index in [0.717, 1.165) is 18.4 Å². The summed E-state index contributed by atoms with van der Waals surface area (Å²) in [4.78, 5) is 26.4. The Balaban J connectivity index is 1.54. The zero-order valence-corrected chi connectivity index (χ0v) is 21.2. The first kappa shape index (κ1) is 24.2. The summed E-state index contributed by atoms with van der Waals surface area (Å²) in [7, 11) is 0. The lowest BCUT2D eigenvalue weighted by atomic mass is 10.1. The third kappa shape index (κ3) is 7.67. The Kier molecular flexibility index (Phi) is 8.89. The van der Waals surface area contributed by atoms with Gasteiger partial charge < -0.3 is 19.2 Å².